The van der Waals surface area contributed by atoms with Gasteiger partial charge >= 0.3 is 0 Å². The van der Waals surface area contributed by atoms with Gasteiger partial charge in [0.1, 0.15) is 54.9 Å². The Morgan fingerprint density at radius 2 is 1.18 bits per heavy atom. The summed E-state index contributed by atoms with van der Waals surface area (Å²) in [4.78, 5) is 0. The Morgan fingerprint density at radius 3 is 1.74 bits per heavy atom. The minimum absolute atomic E-state index is 0.0980. The lowest BCUT2D eigenvalue weighted by Gasteiger charge is -2.46. The van der Waals surface area contributed by atoms with Crippen LogP contribution in [0.2, 0.25) is 0 Å². The van der Waals surface area contributed by atoms with Crippen LogP contribution in [0.4, 0.5) is 0 Å². The predicted octanol–water partition coefficient (Wildman–Crippen LogP) is -5.89. The standard InChI is InChI=1S/C19H34O15/c1-29-19-16(14(27)11(24)9(5-22)33-19)34-17-12(25)7(2-6(3-20)30-17)31-18-15(28)13(26)10(23)8(4-21)32-18/h6-28H,2-5H2,1H3/t6-,7-,8+,9+,10+,11+,12-,13-,14-,15+,16-,17+,18-,19-/m0/s1. The Balaban J connectivity index is 1.73. The van der Waals surface area contributed by atoms with E-state index in [0.29, 0.717) is 0 Å². The molecule has 0 aromatic heterocycles. The van der Waals surface area contributed by atoms with Crippen LogP contribution in [0.3, 0.4) is 0 Å². The SMILES string of the molecule is CO[C@H]1O[C@H](CO)[C@@H](O)[C@H](O)[C@@H]1O[C@H]1O[C@H](CO)C[C@H](O[C@H]2O[C@H](CO)[C@@H](O)[C@H](O)[C@H]2O)[C@@H]1O. The van der Waals surface area contributed by atoms with Crippen LogP contribution >= 0.6 is 0 Å². The molecule has 3 heterocycles. The third kappa shape index (κ3) is 5.69. The van der Waals surface area contributed by atoms with E-state index in [1.807, 2.05) is 0 Å². The summed E-state index contributed by atoms with van der Waals surface area (Å²) < 4.78 is 32.6. The van der Waals surface area contributed by atoms with E-state index < -0.39 is 106 Å². The zero-order chi connectivity index (χ0) is 25.2. The first-order valence-corrected chi connectivity index (χ1v) is 10.9. The number of hydrogen-bond donors (Lipinski definition) is 9. The number of hydrogen-bond acceptors (Lipinski definition) is 15. The van der Waals surface area contributed by atoms with E-state index in [0.717, 1.165) is 0 Å². The van der Waals surface area contributed by atoms with Crippen molar-refractivity contribution in [3.05, 3.63) is 0 Å². The Bertz CT molecular complexity index is 623. The first-order chi connectivity index (χ1) is 16.2. The maximum Gasteiger partial charge on any atom is 0.187 e. The smallest absolute Gasteiger partial charge is 0.187 e. The number of aliphatic hydroxyl groups is 9. The second-order valence-electron chi connectivity index (χ2n) is 8.45. The molecule has 15 nitrogen and oxygen atoms in total. The van der Waals surface area contributed by atoms with Gasteiger partial charge in [-0.15, -0.1) is 0 Å². The molecule has 15 heteroatoms. The van der Waals surface area contributed by atoms with Crippen LogP contribution in [0.1, 0.15) is 6.42 Å². The molecule has 0 aliphatic carbocycles. The van der Waals surface area contributed by atoms with Crippen molar-refractivity contribution >= 4 is 0 Å². The van der Waals surface area contributed by atoms with E-state index >= 15 is 0 Å². The van der Waals surface area contributed by atoms with Gasteiger partial charge in [-0.05, 0) is 0 Å². The maximum absolute atomic E-state index is 10.8. The third-order valence-corrected chi connectivity index (χ3v) is 6.19. The summed E-state index contributed by atoms with van der Waals surface area (Å²) in [6, 6.07) is 0. The lowest BCUT2D eigenvalue weighted by molar-refractivity contribution is -0.371. The zero-order valence-corrected chi connectivity index (χ0v) is 18.4. The van der Waals surface area contributed by atoms with Crippen LogP contribution in [-0.4, -0.2) is 159 Å². The minimum Gasteiger partial charge on any atom is -0.394 e. The van der Waals surface area contributed by atoms with E-state index in [4.69, 9.17) is 28.4 Å². The summed E-state index contributed by atoms with van der Waals surface area (Å²) in [5.74, 6) is 0. The topological polar surface area (TPSA) is 237 Å². The number of rotatable bonds is 8. The second-order valence-corrected chi connectivity index (χ2v) is 8.45. The number of ether oxygens (including phenoxy) is 6. The molecule has 3 fully saturated rings. The fourth-order valence-corrected chi connectivity index (χ4v) is 4.16. The zero-order valence-electron chi connectivity index (χ0n) is 18.4. The molecule has 0 radical (unpaired) electrons. The molecular weight excluding hydrogens is 468 g/mol. The van der Waals surface area contributed by atoms with E-state index in [9.17, 15) is 46.0 Å². The van der Waals surface area contributed by atoms with E-state index in [1.54, 1.807) is 0 Å². The highest BCUT2D eigenvalue weighted by Gasteiger charge is 2.51. The first-order valence-electron chi connectivity index (χ1n) is 10.9. The Morgan fingerprint density at radius 1 is 0.618 bits per heavy atom. The van der Waals surface area contributed by atoms with E-state index in [1.165, 1.54) is 7.11 Å². The summed E-state index contributed by atoms with van der Waals surface area (Å²) >= 11 is 0. The normalized spacial score (nSPS) is 50.3. The summed E-state index contributed by atoms with van der Waals surface area (Å²) in [6.45, 7) is -1.80. The van der Waals surface area contributed by atoms with Crippen LogP contribution in [0.5, 0.6) is 0 Å². The molecule has 3 saturated heterocycles. The Hall–Kier alpha value is -0.600. The highest BCUT2D eigenvalue weighted by Crippen LogP contribution is 2.32. The Labute approximate surface area is 194 Å². The minimum atomic E-state index is -1.73. The van der Waals surface area contributed by atoms with Crippen molar-refractivity contribution in [2.45, 2.75) is 92.4 Å². The van der Waals surface area contributed by atoms with Gasteiger partial charge in [-0.3, -0.25) is 0 Å². The molecular formula is C19H34O15. The average molecular weight is 502 g/mol. The summed E-state index contributed by atoms with van der Waals surface area (Å²) in [5, 5.41) is 89.8. The van der Waals surface area contributed by atoms with Crippen molar-refractivity contribution in [3.63, 3.8) is 0 Å². The van der Waals surface area contributed by atoms with Gasteiger partial charge in [-0.25, -0.2) is 0 Å². The lowest BCUT2D eigenvalue weighted by Crippen LogP contribution is -2.63. The molecule has 0 aromatic rings. The van der Waals surface area contributed by atoms with Crippen molar-refractivity contribution in [1.29, 1.82) is 0 Å². The molecule has 3 aliphatic rings. The highest BCUT2D eigenvalue weighted by molar-refractivity contribution is 4.93. The molecule has 0 saturated carbocycles. The van der Waals surface area contributed by atoms with Crippen LogP contribution in [-0.2, 0) is 28.4 Å². The molecule has 0 bridgehead atoms. The molecule has 14 atom stereocenters. The van der Waals surface area contributed by atoms with Gasteiger partial charge in [0, 0.05) is 13.5 Å². The average Bonchev–Trinajstić information content (AvgIpc) is 2.84. The fraction of sp³-hybridized carbons (Fsp3) is 1.00. The molecule has 3 aliphatic heterocycles. The monoisotopic (exact) mass is 502 g/mol. The predicted molar refractivity (Wildman–Crippen MR) is 105 cm³/mol. The van der Waals surface area contributed by atoms with Gasteiger partial charge in [-0.1, -0.05) is 0 Å². The van der Waals surface area contributed by atoms with Gasteiger partial charge in [0.05, 0.1) is 32.0 Å². The maximum atomic E-state index is 10.8. The van der Waals surface area contributed by atoms with Crippen LogP contribution in [0.25, 0.3) is 0 Å². The molecule has 3 rings (SSSR count). The lowest BCUT2D eigenvalue weighted by atomic mass is 9.97. The molecule has 9 N–H and O–H groups in total. The van der Waals surface area contributed by atoms with Gasteiger partial charge in [0.2, 0.25) is 0 Å². The Kier molecular flexibility index (Phi) is 9.95. The van der Waals surface area contributed by atoms with Crippen molar-refractivity contribution in [3.8, 4) is 0 Å². The number of methoxy groups -OCH3 is 1. The molecule has 0 spiro atoms. The molecule has 0 unspecified atom stereocenters. The van der Waals surface area contributed by atoms with Gasteiger partial charge in [-0.2, -0.15) is 0 Å². The summed E-state index contributed by atoms with van der Waals surface area (Å²) in [7, 11) is 1.24. The quantitative estimate of drug-likeness (QED) is 0.150. The van der Waals surface area contributed by atoms with E-state index in [-0.39, 0.29) is 6.42 Å². The van der Waals surface area contributed by atoms with Crippen molar-refractivity contribution in [1.82, 2.24) is 0 Å². The molecule has 0 amide bonds. The third-order valence-electron chi connectivity index (χ3n) is 6.19. The van der Waals surface area contributed by atoms with Gasteiger partial charge < -0.3 is 74.4 Å². The van der Waals surface area contributed by atoms with Crippen LogP contribution in [0.15, 0.2) is 0 Å². The molecule has 200 valence electrons. The van der Waals surface area contributed by atoms with Crippen LogP contribution in [0, 0.1) is 0 Å². The van der Waals surface area contributed by atoms with E-state index in [2.05, 4.69) is 0 Å². The molecule has 0 aromatic carbocycles. The summed E-state index contributed by atoms with van der Waals surface area (Å²) in [5.41, 5.74) is 0. The van der Waals surface area contributed by atoms with Gasteiger partial charge in [0.15, 0.2) is 18.9 Å². The summed E-state index contributed by atoms with van der Waals surface area (Å²) in [6.07, 6.45) is -20.1. The highest BCUT2D eigenvalue weighted by atomic mass is 16.8. The second kappa shape index (κ2) is 12.1. The first kappa shape index (κ1) is 28.0. The van der Waals surface area contributed by atoms with Gasteiger partial charge in [0.25, 0.3) is 0 Å². The van der Waals surface area contributed by atoms with Crippen molar-refractivity contribution in [2.24, 2.45) is 0 Å². The van der Waals surface area contributed by atoms with Crippen molar-refractivity contribution in [2.75, 3.05) is 26.9 Å². The number of aliphatic hydroxyl groups excluding tert-OH is 9. The largest absolute Gasteiger partial charge is 0.394 e. The van der Waals surface area contributed by atoms with Crippen LogP contribution < -0.4 is 0 Å². The van der Waals surface area contributed by atoms with Crippen molar-refractivity contribution < 1.29 is 74.4 Å². The molecule has 34 heavy (non-hydrogen) atoms. The fourth-order valence-electron chi connectivity index (χ4n) is 4.16.